The molecule has 0 amide bonds. The van der Waals surface area contributed by atoms with Gasteiger partial charge in [0, 0.05) is 5.56 Å². The lowest BCUT2D eigenvalue weighted by Gasteiger charge is -2.06. The fourth-order valence-electron chi connectivity index (χ4n) is 0.885. The van der Waals surface area contributed by atoms with E-state index in [4.69, 9.17) is 4.74 Å². The van der Waals surface area contributed by atoms with Crippen LogP contribution in [0.5, 0.6) is 5.75 Å². The summed E-state index contributed by atoms with van der Waals surface area (Å²) in [5.74, 6) is 0.315. The Labute approximate surface area is 73.3 Å². The van der Waals surface area contributed by atoms with Crippen molar-refractivity contribution >= 4 is 15.9 Å². The van der Waals surface area contributed by atoms with E-state index in [1.165, 1.54) is 13.2 Å². The van der Waals surface area contributed by atoms with Crippen LogP contribution in [0.3, 0.4) is 0 Å². The minimum atomic E-state index is -0.245. The van der Waals surface area contributed by atoms with E-state index in [0.717, 1.165) is 4.47 Å². The lowest BCUT2D eigenvalue weighted by Crippen LogP contribution is -1.91. The summed E-state index contributed by atoms with van der Waals surface area (Å²) in [5, 5.41) is 0. The van der Waals surface area contributed by atoms with Gasteiger partial charge >= 0.3 is 0 Å². The zero-order chi connectivity index (χ0) is 8.43. The van der Waals surface area contributed by atoms with Crippen molar-refractivity contribution in [2.45, 2.75) is 6.92 Å². The average molecular weight is 219 g/mol. The summed E-state index contributed by atoms with van der Waals surface area (Å²) in [5.41, 5.74) is 0.530. The summed E-state index contributed by atoms with van der Waals surface area (Å²) in [7, 11) is 1.52. The van der Waals surface area contributed by atoms with E-state index in [1.54, 1.807) is 13.0 Å². The first-order valence-electron chi connectivity index (χ1n) is 3.15. The van der Waals surface area contributed by atoms with E-state index in [0.29, 0.717) is 11.3 Å². The number of hydrogen-bond acceptors (Lipinski definition) is 1. The van der Waals surface area contributed by atoms with Gasteiger partial charge < -0.3 is 4.74 Å². The molecule has 60 valence electrons. The van der Waals surface area contributed by atoms with Crippen molar-refractivity contribution in [2.75, 3.05) is 7.11 Å². The summed E-state index contributed by atoms with van der Waals surface area (Å²) in [6, 6.07) is 3.03. The molecule has 11 heavy (non-hydrogen) atoms. The molecule has 0 heterocycles. The first-order valence-corrected chi connectivity index (χ1v) is 3.94. The van der Waals surface area contributed by atoms with E-state index < -0.39 is 0 Å². The number of hydrogen-bond donors (Lipinski definition) is 0. The van der Waals surface area contributed by atoms with Crippen molar-refractivity contribution in [3.05, 3.63) is 28.0 Å². The molecule has 1 rings (SSSR count). The minimum Gasteiger partial charge on any atom is -0.495 e. The monoisotopic (exact) mass is 218 g/mol. The number of methoxy groups -OCH3 is 1. The summed E-state index contributed by atoms with van der Waals surface area (Å²) in [6.45, 7) is 1.68. The van der Waals surface area contributed by atoms with Crippen LogP contribution in [0, 0.1) is 12.7 Å². The van der Waals surface area contributed by atoms with Gasteiger partial charge in [-0.15, -0.1) is 0 Å². The van der Waals surface area contributed by atoms with Crippen LogP contribution in [0.4, 0.5) is 4.39 Å². The van der Waals surface area contributed by atoms with Crippen molar-refractivity contribution in [1.82, 2.24) is 0 Å². The van der Waals surface area contributed by atoms with Crippen LogP contribution in [0.25, 0.3) is 0 Å². The van der Waals surface area contributed by atoms with Crippen LogP contribution in [0.15, 0.2) is 16.6 Å². The predicted molar refractivity (Wildman–Crippen MR) is 45.4 cm³/mol. The second kappa shape index (κ2) is 3.22. The molecular weight excluding hydrogens is 211 g/mol. The summed E-state index contributed by atoms with van der Waals surface area (Å²) >= 11 is 3.25. The third-order valence-corrected chi connectivity index (χ3v) is 2.12. The smallest absolute Gasteiger partial charge is 0.138 e. The van der Waals surface area contributed by atoms with Gasteiger partial charge in [0.2, 0.25) is 0 Å². The number of rotatable bonds is 1. The fourth-order valence-corrected chi connectivity index (χ4v) is 1.48. The Balaban J connectivity index is 3.29. The molecule has 0 aliphatic heterocycles. The molecule has 0 saturated carbocycles. The Morgan fingerprint density at radius 1 is 1.45 bits per heavy atom. The molecule has 0 spiro atoms. The van der Waals surface area contributed by atoms with Crippen LogP contribution in [-0.4, -0.2) is 7.11 Å². The first kappa shape index (κ1) is 8.53. The molecule has 0 aromatic heterocycles. The highest BCUT2D eigenvalue weighted by molar-refractivity contribution is 9.10. The van der Waals surface area contributed by atoms with E-state index in [2.05, 4.69) is 15.9 Å². The normalized spacial score (nSPS) is 9.82. The van der Waals surface area contributed by atoms with E-state index in [-0.39, 0.29) is 5.82 Å². The van der Waals surface area contributed by atoms with Crippen molar-refractivity contribution < 1.29 is 9.13 Å². The second-order valence-corrected chi connectivity index (χ2v) is 3.04. The van der Waals surface area contributed by atoms with E-state index in [9.17, 15) is 4.39 Å². The van der Waals surface area contributed by atoms with Crippen molar-refractivity contribution in [1.29, 1.82) is 0 Å². The molecular formula is C8H8BrFO. The highest BCUT2D eigenvalue weighted by Gasteiger charge is 2.07. The topological polar surface area (TPSA) is 9.23 Å². The van der Waals surface area contributed by atoms with Crippen LogP contribution >= 0.6 is 15.9 Å². The van der Waals surface area contributed by atoms with Gasteiger partial charge in [0.05, 0.1) is 11.6 Å². The number of benzene rings is 1. The van der Waals surface area contributed by atoms with Crippen LogP contribution in [-0.2, 0) is 0 Å². The first-order chi connectivity index (χ1) is 5.16. The van der Waals surface area contributed by atoms with Gasteiger partial charge in [-0.3, -0.25) is 0 Å². The molecule has 0 bridgehead atoms. The number of ether oxygens (including phenoxy) is 1. The maximum atomic E-state index is 12.8. The van der Waals surface area contributed by atoms with E-state index >= 15 is 0 Å². The molecule has 0 N–H and O–H groups in total. The molecule has 3 heteroatoms. The maximum Gasteiger partial charge on any atom is 0.138 e. The molecule has 0 aliphatic rings. The molecule has 0 radical (unpaired) electrons. The summed E-state index contributed by atoms with van der Waals surface area (Å²) in [4.78, 5) is 0. The molecule has 1 nitrogen and oxygen atoms in total. The second-order valence-electron chi connectivity index (χ2n) is 2.19. The molecule has 1 aromatic rings. The standard InChI is InChI=1S/C8H8BrFO/c1-5-7(10)4-3-6(9)8(5)11-2/h3-4H,1-2H3. The van der Waals surface area contributed by atoms with Crippen molar-refractivity contribution in [3.63, 3.8) is 0 Å². The van der Waals surface area contributed by atoms with Gasteiger partial charge in [-0.2, -0.15) is 0 Å². The Morgan fingerprint density at radius 2 is 2.09 bits per heavy atom. The van der Waals surface area contributed by atoms with E-state index in [1.807, 2.05) is 0 Å². The zero-order valence-corrected chi connectivity index (χ0v) is 7.90. The Morgan fingerprint density at radius 3 is 2.55 bits per heavy atom. The number of halogens is 2. The van der Waals surface area contributed by atoms with Gasteiger partial charge in [0.15, 0.2) is 0 Å². The quantitative estimate of drug-likeness (QED) is 0.705. The third kappa shape index (κ3) is 1.53. The van der Waals surface area contributed by atoms with Gasteiger partial charge in [0.1, 0.15) is 11.6 Å². The van der Waals surface area contributed by atoms with Crippen LogP contribution in [0.2, 0.25) is 0 Å². The Hall–Kier alpha value is -0.570. The largest absolute Gasteiger partial charge is 0.495 e. The molecule has 0 fully saturated rings. The highest BCUT2D eigenvalue weighted by atomic mass is 79.9. The summed E-state index contributed by atoms with van der Waals surface area (Å²) in [6.07, 6.45) is 0. The third-order valence-electron chi connectivity index (χ3n) is 1.50. The van der Waals surface area contributed by atoms with Gasteiger partial charge in [-0.1, -0.05) is 0 Å². The average Bonchev–Trinajstić information content (AvgIpc) is 1.99. The molecule has 0 unspecified atom stereocenters. The fraction of sp³-hybridized carbons (Fsp3) is 0.250. The van der Waals surface area contributed by atoms with Gasteiger partial charge in [-0.05, 0) is 35.0 Å². The highest BCUT2D eigenvalue weighted by Crippen LogP contribution is 2.29. The lowest BCUT2D eigenvalue weighted by molar-refractivity contribution is 0.404. The Kier molecular flexibility index (Phi) is 2.49. The minimum absolute atomic E-state index is 0.245. The van der Waals surface area contributed by atoms with Crippen LogP contribution in [0.1, 0.15) is 5.56 Å². The SMILES string of the molecule is COc1c(Br)ccc(F)c1C. The molecule has 0 atom stereocenters. The van der Waals surface area contributed by atoms with Gasteiger partial charge in [-0.25, -0.2) is 4.39 Å². The predicted octanol–water partition coefficient (Wildman–Crippen LogP) is 2.91. The lowest BCUT2D eigenvalue weighted by atomic mass is 10.2. The van der Waals surface area contributed by atoms with Crippen LogP contribution < -0.4 is 4.74 Å². The Bertz CT molecular complexity index is 273. The molecule has 0 aliphatic carbocycles. The van der Waals surface area contributed by atoms with Crippen molar-refractivity contribution in [2.24, 2.45) is 0 Å². The maximum absolute atomic E-state index is 12.8. The van der Waals surface area contributed by atoms with Crippen molar-refractivity contribution in [3.8, 4) is 5.75 Å². The van der Waals surface area contributed by atoms with Gasteiger partial charge in [0.25, 0.3) is 0 Å². The summed E-state index contributed by atoms with van der Waals surface area (Å²) < 4.78 is 18.6. The molecule has 1 aromatic carbocycles. The zero-order valence-electron chi connectivity index (χ0n) is 6.32. The molecule has 0 saturated heterocycles.